The molecule has 2 aromatic carbocycles. The van der Waals surface area contributed by atoms with Gasteiger partial charge in [-0.2, -0.15) is 5.26 Å². The van der Waals surface area contributed by atoms with Crippen LogP contribution in [0.25, 0.3) is 0 Å². The van der Waals surface area contributed by atoms with E-state index in [4.69, 9.17) is 4.74 Å². The molecule has 0 saturated carbocycles. The molecule has 0 radical (unpaired) electrons. The molecule has 0 aromatic heterocycles. The van der Waals surface area contributed by atoms with Gasteiger partial charge in [0.1, 0.15) is 6.61 Å². The normalized spacial score (nSPS) is 26.0. The second-order valence-corrected chi connectivity index (χ2v) is 7.93. The van der Waals surface area contributed by atoms with Crippen LogP contribution in [0.1, 0.15) is 47.9 Å². The molecule has 1 N–H and O–H groups in total. The van der Waals surface area contributed by atoms with Gasteiger partial charge in [0.05, 0.1) is 17.2 Å². The van der Waals surface area contributed by atoms with E-state index < -0.39 is 5.60 Å². The lowest BCUT2D eigenvalue weighted by Crippen LogP contribution is -2.52. The molecule has 2 bridgehead atoms. The van der Waals surface area contributed by atoms with Crippen molar-refractivity contribution in [2.45, 2.75) is 56.9 Å². The van der Waals surface area contributed by atoms with Gasteiger partial charge in [-0.05, 0) is 37.0 Å². The van der Waals surface area contributed by atoms with Gasteiger partial charge in [0.25, 0.3) is 0 Å². The molecule has 2 fully saturated rings. The summed E-state index contributed by atoms with van der Waals surface area (Å²) in [5.41, 5.74) is 2.06. The van der Waals surface area contributed by atoms with E-state index in [0.717, 1.165) is 24.0 Å². The third-order valence-corrected chi connectivity index (χ3v) is 5.98. The predicted octanol–water partition coefficient (Wildman–Crippen LogP) is 4.02. The van der Waals surface area contributed by atoms with Crippen LogP contribution in [-0.2, 0) is 16.9 Å². The summed E-state index contributed by atoms with van der Waals surface area (Å²) in [6, 6.07) is 17.3. The minimum atomic E-state index is -1.08. The van der Waals surface area contributed by atoms with Crippen molar-refractivity contribution < 1.29 is 14.6 Å². The molecule has 2 unspecified atom stereocenters. The molecule has 2 atom stereocenters. The number of aryl methyl sites for hydroxylation is 1. The standard InChI is InChI=1S/C23H24N2O3/c1-16-7-10-21(18(11-16)14-24)23(27)12-19-8-9-20(13-23)25(19)22(26)28-15-17-5-3-2-4-6-17/h2-7,10-11,19-20,27H,8-9,12-13,15H2,1H3. The lowest BCUT2D eigenvalue weighted by molar-refractivity contribution is -0.0538. The van der Waals surface area contributed by atoms with E-state index in [-0.39, 0.29) is 24.8 Å². The Morgan fingerprint density at radius 3 is 2.54 bits per heavy atom. The number of ether oxygens (including phenoxy) is 1. The monoisotopic (exact) mass is 376 g/mol. The zero-order chi connectivity index (χ0) is 19.7. The quantitative estimate of drug-likeness (QED) is 0.878. The largest absolute Gasteiger partial charge is 0.445 e. The fourth-order valence-corrected chi connectivity index (χ4v) is 4.69. The van der Waals surface area contributed by atoms with Crippen LogP contribution in [0, 0.1) is 18.3 Å². The van der Waals surface area contributed by atoms with Crippen molar-refractivity contribution in [2.24, 2.45) is 0 Å². The summed E-state index contributed by atoms with van der Waals surface area (Å²) in [6.45, 7) is 2.18. The van der Waals surface area contributed by atoms with Gasteiger partial charge >= 0.3 is 6.09 Å². The van der Waals surface area contributed by atoms with Gasteiger partial charge in [-0.25, -0.2) is 4.79 Å². The first-order chi connectivity index (χ1) is 13.5. The molecular formula is C23H24N2O3. The summed E-state index contributed by atoms with van der Waals surface area (Å²) in [6.07, 6.45) is 2.24. The molecule has 5 nitrogen and oxygen atoms in total. The molecule has 4 rings (SSSR count). The maximum Gasteiger partial charge on any atom is 0.410 e. The smallest absolute Gasteiger partial charge is 0.410 e. The van der Waals surface area contributed by atoms with Crippen molar-refractivity contribution in [2.75, 3.05) is 0 Å². The minimum Gasteiger partial charge on any atom is -0.445 e. The van der Waals surface area contributed by atoms with Gasteiger partial charge in [-0.3, -0.25) is 0 Å². The van der Waals surface area contributed by atoms with Crippen molar-refractivity contribution in [1.82, 2.24) is 4.90 Å². The van der Waals surface area contributed by atoms with Gasteiger partial charge in [0.15, 0.2) is 0 Å². The molecule has 2 aromatic rings. The maximum atomic E-state index is 12.7. The zero-order valence-electron chi connectivity index (χ0n) is 16.0. The molecule has 28 heavy (non-hydrogen) atoms. The minimum absolute atomic E-state index is 0.0696. The molecule has 5 heteroatoms. The van der Waals surface area contributed by atoms with Crippen molar-refractivity contribution in [1.29, 1.82) is 5.26 Å². The van der Waals surface area contributed by atoms with E-state index in [1.54, 1.807) is 4.90 Å². The molecule has 2 heterocycles. The number of fused-ring (bicyclic) bond motifs is 2. The molecule has 0 aliphatic carbocycles. The SMILES string of the molecule is Cc1ccc(C2(O)CC3CCC(C2)N3C(=O)OCc2ccccc2)c(C#N)c1. The predicted molar refractivity (Wildman–Crippen MR) is 104 cm³/mol. The number of benzene rings is 2. The fourth-order valence-electron chi connectivity index (χ4n) is 4.69. The maximum absolute atomic E-state index is 12.7. The molecule has 2 saturated heterocycles. The Hall–Kier alpha value is -2.84. The summed E-state index contributed by atoms with van der Waals surface area (Å²) >= 11 is 0. The van der Waals surface area contributed by atoms with Gasteiger partial charge in [-0.15, -0.1) is 0 Å². The van der Waals surface area contributed by atoms with Crippen LogP contribution in [-0.4, -0.2) is 28.2 Å². The van der Waals surface area contributed by atoms with Gasteiger partial charge < -0.3 is 14.7 Å². The Balaban J connectivity index is 1.50. The van der Waals surface area contributed by atoms with Crippen molar-refractivity contribution in [3.63, 3.8) is 0 Å². The third kappa shape index (κ3) is 3.36. The Bertz CT molecular complexity index is 905. The van der Waals surface area contributed by atoms with E-state index in [0.29, 0.717) is 24.0 Å². The number of nitriles is 1. The molecule has 2 aliphatic rings. The van der Waals surface area contributed by atoms with Crippen LogP contribution < -0.4 is 0 Å². The molecule has 0 spiro atoms. The average molecular weight is 376 g/mol. The summed E-state index contributed by atoms with van der Waals surface area (Å²) < 4.78 is 5.54. The second kappa shape index (κ2) is 7.29. The molecule has 144 valence electrons. The highest BCUT2D eigenvalue weighted by atomic mass is 16.6. The first kappa shape index (κ1) is 18.5. The summed E-state index contributed by atoms with van der Waals surface area (Å²) in [5.74, 6) is 0. The lowest BCUT2D eigenvalue weighted by Gasteiger charge is -2.43. The van der Waals surface area contributed by atoms with Gasteiger partial charge in [0.2, 0.25) is 0 Å². The number of carbonyl (C=O) groups excluding carboxylic acids is 1. The van der Waals surface area contributed by atoms with E-state index in [9.17, 15) is 15.2 Å². The summed E-state index contributed by atoms with van der Waals surface area (Å²) in [7, 11) is 0. The van der Waals surface area contributed by atoms with Crippen molar-refractivity contribution in [3.05, 3.63) is 70.8 Å². The number of hydrogen-bond donors (Lipinski definition) is 1. The van der Waals surface area contributed by atoms with Crippen LogP contribution in [0.15, 0.2) is 48.5 Å². The van der Waals surface area contributed by atoms with Gasteiger partial charge in [0, 0.05) is 30.5 Å². The number of piperidine rings is 1. The summed E-state index contributed by atoms with van der Waals surface area (Å²) in [4.78, 5) is 14.5. The van der Waals surface area contributed by atoms with E-state index in [1.807, 2.05) is 55.5 Å². The molecular weight excluding hydrogens is 352 g/mol. The number of rotatable bonds is 3. The number of carbonyl (C=O) groups is 1. The van der Waals surface area contributed by atoms with Crippen LogP contribution in [0.5, 0.6) is 0 Å². The first-order valence-corrected chi connectivity index (χ1v) is 9.73. The number of nitrogens with zero attached hydrogens (tertiary/aromatic N) is 2. The van der Waals surface area contributed by atoms with Crippen molar-refractivity contribution >= 4 is 6.09 Å². The Morgan fingerprint density at radius 1 is 1.21 bits per heavy atom. The number of amides is 1. The van der Waals surface area contributed by atoms with Crippen LogP contribution in [0.3, 0.4) is 0 Å². The molecule has 2 aliphatic heterocycles. The highest BCUT2D eigenvalue weighted by Gasteiger charge is 2.51. The Labute approximate surface area is 165 Å². The van der Waals surface area contributed by atoms with Crippen LogP contribution >= 0.6 is 0 Å². The van der Waals surface area contributed by atoms with E-state index >= 15 is 0 Å². The third-order valence-electron chi connectivity index (χ3n) is 5.98. The zero-order valence-corrected chi connectivity index (χ0v) is 16.0. The summed E-state index contributed by atoms with van der Waals surface area (Å²) in [5, 5.41) is 20.9. The average Bonchev–Trinajstić information content (AvgIpc) is 2.98. The van der Waals surface area contributed by atoms with E-state index in [1.165, 1.54) is 0 Å². The topological polar surface area (TPSA) is 73.6 Å². The Kier molecular flexibility index (Phi) is 4.82. The first-order valence-electron chi connectivity index (χ1n) is 9.73. The van der Waals surface area contributed by atoms with Crippen LogP contribution in [0.2, 0.25) is 0 Å². The van der Waals surface area contributed by atoms with Crippen molar-refractivity contribution in [3.8, 4) is 6.07 Å². The lowest BCUT2D eigenvalue weighted by atomic mass is 9.78. The highest BCUT2D eigenvalue weighted by molar-refractivity contribution is 5.69. The van der Waals surface area contributed by atoms with Gasteiger partial charge in [-0.1, -0.05) is 42.5 Å². The second-order valence-electron chi connectivity index (χ2n) is 7.93. The molecule has 1 amide bonds. The Morgan fingerprint density at radius 2 is 1.89 bits per heavy atom. The van der Waals surface area contributed by atoms with Crippen LogP contribution in [0.4, 0.5) is 4.79 Å². The number of hydrogen-bond acceptors (Lipinski definition) is 4. The fraction of sp³-hybridized carbons (Fsp3) is 0.391. The number of aliphatic hydroxyl groups is 1. The highest BCUT2D eigenvalue weighted by Crippen LogP contribution is 2.46. The van der Waals surface area contributed by atoms with E-state index in [2.05, 4.69) is 6.07 Å².